The van der Waals surface area contributed by atoms with Gasteiger partial charge in [-0.1, -0.05) is 0 Å². The number of benzene rings is 1. The van der Waals surface area contributed by atoms with Crippen LogP contribution in [-0.4, -0.2) is 52.9 Å². The Morgan fingerprint density at radius 3 is 2.77 bits per heavy atom. The Balaban J connectivity index is 2.15. The van der Waals surface area contributed by atoms with E-state index in [1.165, 1.54) is 37.1 Å². The third kappa shape index (κ3) is 3.38. The highest BCUT2D eigenvalue weighted by molar-refractivity contribution is 8.00. The topological polar surface area (TPSA) is 89.8 Å². The molecule has 8 heteroatoms. The van der Waals surface area contributed by atoms with Crippen LogP contribution in [0.1, 0.15) is 15.9 Å². The van der Waals surface area contributed by atoms with Crippen molar-refractivity contribution in [3.8, 4) is 0 Å². The highest BCUT2D eigenvalue weighted by atomic mass is 32.2. The van der Waals surface area contributed by atoms with Gasteiger partial charge in [0.15, 0.2) is 0 Å². The molecule has 1 heterocycles. The van der Waals surface area contributed by atoms with E-state index in [-0.39, 0.29) is 29.4 Å². The van der Waals surface area contributed by atoms with E-state index in [9.17, 15) is 19.7 Å². The first kappa shape index (κ1) is 16.3. The Kier molecular flexibility index (Phi) is 5.02. The van der Waals surface area contributed by atoms with Crippen LogP contribution >= 0.6 is 11.8 Å². The maximum Gasteiger partial charge on any atom is 0.320 e. The van der Waals surface area contributed by atoms with Gasteiger partial charge in [0, 0.05) is 36.0 Å². The molecule has 0 bridgehead atoms. The molecule has 1 aromatic carbocycles. The van der Waals surface area contributed by atoms with Crippen LogP contribution in [0.15, 0.2) is 18.2 Å². The predicted octanol–water partition coefficient (Wildman–Crippen LogP) is 1.63. The monoisotopic (exact) mass is 324 g/mol. The van der Waals surface area contributed by atoms with Gasteiger partial charge < -0.3 is 9.64 Å². The number of nitrogens with zero attached hydrogens (tertiary/aromatic N) is 2. The molecule has 1 fully saturated rings. The summed E-state index contributed by atoms with van der Waals surface area (Å²) in [5.41, 5.74) is 0.809. The van der Waals surface area contributed by atoms with Crippen molar-refractivity contribution in [2.45, 2.75) is 12.2 Å². The van der Waals surface area contributed by atoms with Crippen LogP contribution in [-0.2, 0) is 9.53 Å². The summed E-state index contributed by atoms with van der Waals surface area (Å²) in [5.74, 6) is 0.0758. The Labute approximate surface area is 131 Å². The molecular weight excluding hydrogens is 308 g/mol. The number of esters is 1. The van der Waals surface area contributed by atoms with Crippen LogP contribution in [0.5, 0.6) is 0 Å². The van der Waals surface area contributed by atoms with Crippen molar-refractivity contribution in [3.63, 3.8) is 0 Å². The molecule has 1 aliphatic heterocycles. The summed E-state index contributed by atoms with van der Waals surface area (Å²) in [6.07, 6.45) is 0. The molecule has 0 radical (unpaired) electrons. The number of ether oxygens (including phenoxy) is 1. The molecule has 7 nitrogen and oxygen atoms in total. The minimum absolute atomic E-state index is 0.0156. The van der Waals surface area contributed by atoms with Crippen molar-refractivity contribution in [1.82, 2.24) is 4.90 Å². The summed E-state index contributed by atoms with van der Waals surface area (Å²) in [4.78, 5) is 36.0. The summed E-state index contributed by atoms with van der Waals surface area (Å²) in [6.45, 7) is 2.41. The van der Waals surface area contributed by atoms with Crippen LogP contribution < -0.4 is 0 Å². The average Bonchev–Trinajstić information content (AvgIpc) is 2.53. The molecule has 1 amide bonds. The van der Waals surface area contributed by atoms with Gasteiger partial charge in [0.2, 0.25) is 0 Å². The fraction of sp³-hybridized carbons (Fsp3) is 0.429. The molecule has 118 valence electrons. The molecule has 1 aromatic rings. The number of carbonyl (C=O) groups excluding carboxylic acids is 2. The standard InChI is InChI=1S/C14H16N2O5S/c1-9-7-10(3-4-11(9)16(19)20)13(17)15-5-6-22-12(8-15)14(18)21-2/h3-4,7,12H,5-6,8H2,1-2H3/t12-/m0/s1. The summed E-state index contributed by atoms with van der Waals surface area (Å²) in [7, 11) is 1.32. The molecule has 0 aliphatic carbocycles. The molecule has 0 unspecified atom stereocenters. The van der Waals surface area contributed by atoms with E-state index in [0.717, 1.165) is 0 Å². The summed E-state index contributed by atoms with van der Waals surface area (Å²) < 4.78 is 4.71. The maximum atomic E-state index is 12.5. The molecule has 0 saturated carbocycles. The first-order valence-electron chi connectivity index (χ1n) is 6.67. The van der Waals surface area contributed by atoms with E-state index in [2.05, 4.69) is 0 Å². The zero-order chi connectivity index (χ0) is 16.3. The molecule has 1 saturated heterocycles. The number of methoxy groups -OCH3 is 1. The third-order valence-electron chi connectivity index (χ3n) is 3.46. The van der Waals surface area contributed by atoms with Crippen LogP contribution in [0.2, 0.25) is 0 Å². The van der Waals surface area contributed by atoms with Crippen LogP contribution in [0.3, 0.4) is 0 Å². The fourth-order valence-corrected chi connectivity index (χ4v) is 3.41. The van der Waals surface area contributed by atoms with E-state index in [1.54, 1.807) is 11.8 Å². The minimum Gasteiger partial charge on any atom is -0.468 e. The lowest BCUT2D eigenvalue weighted by Gasteiger charge is -2.31. The summed E-state index contributed by atoms with van der Waals surface area (Å²) >= 11 is 1.46. The van der Waals surface area contributed by atoms with Crippen molar-refractivity contribution in [3.05, 3.63) is 39.4 Å². The fourth-order valence-electron chi connectivity index (χ4n) is 2.28. The van der Waals surface area contributed by atoms with Gasteiger partial charge in [-0.05, 0) is 19.1 Å². The summed E-state index contributed by atoms with van der Waals surface area (Å²) in [6, 6.07) is 4.29. The average molecular weight is 324 g/mol. The number of rotatable bonds is 3. The van der Waals surface area contributed by atoms with Gasteiger partial charge in [-0.3, -0.25) is 19.7 Å². The zero-order valence-corrected chi connectivity index (χ0v) is 13.1. The van der Waals surface area contributed by atoms with Gasteiger partial charge in [-0.15, -0.1) is 11.8 Å². The van der Waals surface area contributed by atoms with E-state index < -0.39 is 4.92 Å². The quantitative estimate of drug-likeness (QED) is 0.477. The largest absolute Gasteiger partial charge is 0.468 e. The highest BCUT2D eigenvalue weighted by Crippen LogP contribution is 2.23. The second kappa shape index (κ2) is 6.78. The van der Waals surface area contributed by atoms with E-state index in [1.807, 2.05) is 0 Å². The zero-order valence-electron chi connectivity index (χ0n) is 12.3. The van der Waals surface area contributed by atoms with Crippen molar-refractivity contribution < 1.29 is 19.2 Å². The van der Waals surface area contributed by atoms with E-state index in [4.69, 9.17) is 4.74 Å². The smallest absolute Gasteiger partial charge is 0.320 e. The molecular formula is C14H16N2O5S. The Hall–Kier alpha value is -2.09. The number of nitro benzene ring substituents is 1. The Morgan fingerprint density at radius 2 is 2.18 bits per heavy atom. The molecule has 2 rings (SSSR count). The lowest BCUT2D eigenvalue weighted by Crippen LogP contribution is -2.45. The number of hydrogen-bond donors (Lipinski definition) is 0. The van der Waals surface area contributed by atoms with Crippen molar-refractivity contribution in [2.75, 3.05) is 26.0 Å². The van der Waals surface area contributed by atoms with Gasteiger partial charge >= 0.3 is 5.97 Å². The normalized spacial score (nSPS) is 17.9. The van der Waals surface area contributed by atoms with Crippen LogP contribution in [0.4, 0.5) is 5.69 Å². The number of thioether (sulfide) groups is 1. The lowest BCUT2D eigenvalue weighted by atomic mass is 10.1. The number of amides is 1. The second-order valence-corrected chi connectivity index (χ2v) is 6.20. The first-order valence-corrected chi connectivity index (χ1v) is 7.72. The minimum atomic E-state index is -0.478. The molecule has 0 aromatic heterocycles. The molecule has 22 heavy (non-hydrogen) atoms. The number of hydrogen-bond acceptors (Lipinski definition) is 6. The lowest BCUT2D eigenvalue weighted by molar-refractivity contribution is -0.385. The number of carbonyl (C=O) groups is 2. The van der Waals surface area contributed by atoms with Gasteiger partial charge in [0.25, 0.3) is 11.6 Å². The Morgan fingerprint density at radius 1 is 1.45 bits per heavy atom. The Bertz CT molecular complexity index is 619. The van der Waals surface area contributed by atoms with E-state index in [0.29, 0.717) is 23.4 Å². The number of aryl methyl sites for hydroxylation is 1. The molecule has 1 atom stereocenters. The van der Waals surface area contributed by atoms with Crippen LogP contribution in [0, 0.1) is 17.0 Å². The highest BCUT2D eigenvalue weighted by Gasteiger charge is 2.30. The van der Waals surface area contributed by atoms with Gasteiger partial charge in [-0.2, -0.15) is 0 Å². The molecule has 0 spiro atoms. The molecule has 0 N–H and O–H groups in total. The summed E-state index contributed by atoms with van der Waals surface area (Å²) in [5, 5.41) is 10.4. The van der Waals surface area contributed by atoms with E-state index >= 15 is 0 Å². The van der Waals surface area contributed by atoms with Gasteiger partial charge in [-0.25, -0.2) is 0 Å². The first-order chi connectivity index (χ1) is 10.4. The van der Waals surface area contributed by atoms with Gasteiger partial charge in [0.05, 0.1) is 12.0 Å². The van der Waals surface area contributed by atoms with Crippen molar-refractivity contribution in [2.24, 2.45) is 0 Å². The SMILES string of the molecule is COC(=O)[C@@H]1CN(C(=O)c2ccc([N+](=O)[O-])c(C)c2)CCS1. The predicted molar refractivity (Wildman–Crippen MR) is 82.0 cm³/mol. The third-order valence-corrected chi connectivity index (χ3v) is 4.62. The van der Waals surface area contributed by atoms with Gasteiger partial charge in [0.1, 0.15) is 5.25 Å². The number of nitro groups is 1. The maximum absolute atomic E-state index is 12.5. The van der Waals surface area contributed by atoms with Crippen molar-refractivity contribution >= 4 is 29.3 Å². The second-order valence-electron chi connectivity index (χ2n) is 4.89. The van der Waals surface area contributed by atoms with Crippen LogP contribution in [0.25, 0.3) is 0 Å². The van der Waals surface area contributed by atoms with Crippen molar-refractivity contribution in [1.29, 1.82) is 0 Å². The molecule has 1 aliphatic rings.